The molecule has 0 saturated carbocycles. The summed E-state index contributed by atoms with van der Waals surface area (Å²) in [5.41, 5.74) is 0. The Bertz CT molecular complexity index is 509. The number of ether oxygens (including phenoxy) is 1. The third-order valence-electron chi connectivity index (χ3n) is 2.57. The van der Waals surface area contributed by atoms with E-state index in [4.69, 9.17) is 21.4 Å². The Labute approximate surface area is 120 Å². The van der Waals surface area contributed by atoms with E-state index in [1.807, 2.05) is 0 Å². The van der Waals surface area contributed by atoms with Crippen LogP contribution in [0.4, 0.5) is 4.39 Å². The fraction of sp³-hybridized carbons (Fsp3) is 0.385. The molecule has 0 aliphatic rings. The predicted octanol–water partition coefficient (Wildman–Crippen LogP) is 2.08. The molecular weight excluding hydrogens is 289 g/mol. The van der Waals surface area contributed by atoms with Crippen molar-refractivity contribution in [1.29, 1.82) is 0 Å². The van der Waals surface area contributed by atoms with E-state index in [1.54, 1.807) is 0 Å². The normalized spacial score (nSPS) is 13.4. The third kappa shape index (κ3) is 4.70. The van der Waals surface area contributed by atoms with Crippen LogP contribution in [0.2, 0.25) is 5.02 Å². The van der Waals surface area contributed by atoms with E-state index in [0.717, 1.165) is 6.07 Å². The monoisotopic (exact) mass is 303 g/mol. The Morgan fingerprint density at radius 2 is 2.10 bits per heavy atom. The standard InChI is InChI=1S/C13H15ClFNO4/c1-7(13(18)19)6-16-12(17)8(2)20-11-4-3-9(15)5-10(11)14/h3-5,7-8H,6H2,1-2H3,(H,16,17)(H,18,19). The van der Waals surface area contributed by atoms with Gasteiger partial charge in [0, 0.05) is 6.54 Å². The van der Waals surface area contributed by atoms with Crippen LogP contribution in [-0.2, 0) is 9.59 Å². The Morgan fingerprint density at radius 1 is 1.45 bits per heavy atom. The van der Waals surface area contributed by atoms with Gasteiger partial charge in [0.15, 0.2) is 6.10 Å². The first-order valence-electron chi connectivity index (χ1n) is 5.93. The first-order chi connectivity index (χ1) is 9.31. The van der Waals surface area contributed by atoms with Gasteiger partial charge in [0.25, 0.3) is 5.91 Å². The van der Waals surface area contributed by atoms with Crippen molar-refractivity contribution in [2.24, 2.45) is 5.92 Å². The molecule has 20 heavy (non-hydrogen) atoms. The number of carboxylic acids is 1. The molecule has 0 fully saturated rings. The molecule has 7 heteroatoms. The summed E-state index contributed by atoms with van der Waals surface area (Å²) in [4.78, 5) is 22.3. The molecule has 2 N–H and O–H groups in total. The van der Waals surface area contributed by atoms with E-state index < -0.39 is 29.7 Å². The molecular formula is C13H15ClFNO4. The number of carbonyl (C=O) groups excluding carboxylic acids is 1. The van der Waals surface area contributed by atoms with Crippen molar-refractivity contribution < 1.29 is 23.8 Å². The van der Waals surface area contributed by atoms with Gasteiger partial charge in [-0.15, -0.1) is 0 Å². The van der Waals surface area contributed by atoms with E-state index in [0.29, 0.717) is 0 Å². The summed E-state index contributed by atoms with van der Waals surface area (Å²) in [5, 5.41) is 11.2. The first kappa shape index (κ1) is 16.2. The Hall–Kier alpha value is -1.82. The van der Waals surface area contributed by atoms with Crippen molar-refractivity contribution in [3.8, 4) is 5.75 Å². The minimum atomic E-state index is -1.000. The van der Waals surface area contributed by atoms with Crippen molar-refractivity contribution in [3.05, 3.63) is 29.0 Å². The summed E-state index contributed by atoms with van der Waals surface area (Å²) in [6, 6.07) is 3.56. The van der Waals surface area contributed by atoms with Crippen LogP contribution in [0, 0.1) is 11.7 Å². The van der Waals surface area contributed by atoms with Gasteiger partial charge in [-0.2, -0.15) is 0 Å². The Balaban J connectivity index is 2.55. The molecule has 0 aliphatic carbocycles. The lowest BCUT2D eigenvalue weighted by Crippen LogP contribution is -2.39. The second-order valence-corrected chi connectivity index (χ2v) is 4.73. The number of amides is 1. The van der Waals surface area contributed by atoms with Gasteiger partial charge in [0.1, 0.15) is 11.6 Å². The fourth-order valence-corrected chi connectivity index (χ4v) is 1.51. The summed E-state index contributed by atoms with van der Waals surface area (Å²) >= 11 is 5.77. The molecule has 2 atom stereocenters. The molecule has 2 unspecified atom stereocenters. The number of carboxylic acid groups (broad SMARTS) is 1. The van der Waals surface area contributed by atoms with E-state index in [2.05, 4.69) is 5.32 Å². The molecule has 5 nitrogen and oxygen atoms in total. The van der Waals surface area contributed by atoms with Crippen LogP contribution in [0.15, 0.2) is 18.2 Å². The highest BCUT2D eigenvalue weighted by molar-refractivity contribution is 6.32. The zero-order valence-corrected chi connectivity index (χ0v) is 11.8. The maximum Gasteiger partial charge on any atom is 0.308 e. The fourth-order valence-electron chi connectivity index (χ4n) is 1.30. The third-order valence-corrected chi connectivity index (χ3v) is 2.87. The van der Waals surface area contributed by atoms with Gasteiger partial charge < -0.3 is 15.2 Å². The van der Waals surface area contributed by atoms with E-state index >= 15 is 0 Å². The number of hydrogen-bond acceptors (Lipinski definition) is 3. The lowest BCUT2D eigenvalue weighted by atomic mass is 10.2. The number of aliphatic carboxylic acids is 1. The number of hydrogen-bond donors (Lipinski definition) is 2. The van der Waals surface area contributed by atoms with Crippen LogP contribution >= 0.6 is 11.6 Å². The average molecular weight is 304 g/mol. The van der Waals surface area contributed by atoms with Crippen LogP contribution < -0.4 is 10.1 Å². The smallest absolute Gasteiger partial charge is 0.308 e. The van der Waals surface area contributed by atoms with Gasteiger partial charge in [0.05, 0.1) is 10.9 Å². The van der Waals surface area contributed by atoms with Crippen molar-refractivity contribution in [1.82, 2.24) is 5.32 Å². The molecule has 0 saturated heterocycles. The minimum absolute atomic E-state index is 0.000976. The zero-order chi connectivity index (χ0) is 15.3. The number of nitrogens with one attached hydrogen (secondary N) is 1. The van der Waals surface area contributed by atoms with Gasteiger partial charge in [0.2, 0.25) is 0 Å². The van der Waals surface area contributed by atoms with Crippen molar-refractivity contribution in [2.45, 2.75) is 20.0 Å². The molecule has 0 heterocycles. The first-order valence-corrected chi connectivity index (χ1v) is 6.31. The topological polar surface area (TPSA) is 75.6 Å². The molecule has 0 bridgehead atoms. The molecule has 1 amide bonds. The van der Waals surface area contributed by atoms with Gasteiger partial charge >= 0.3 is 5.97 Å². The molecule has 0 aromatic heterocycles. The maximum absolute atomic E-state index is 12.9. The van der Waals surface area contributed by atoms with Crippen LogP contribution in [0.5, 0.6) is 5.75 Å². The van der Waals surface area contributed by atoms with Crippen molar-refractivity contribution in [3.63, 3.8) is 0 Å². The minimum Gasteiger partial charge on any atom is -0.481 e. The van der Waals surface area contributed by atoms with Crippen LogP contribution in [0.3, 0.4) is 0 Å². The molecule has 1 aromatic carbocycles. The summed E-state index contributed by atoms with van der Waals surface area (Å²) < 4.78 is 18.2. The second-order valence-electron chi connectivity index (χ2n) is 4.32. The zero-order valence-electron chi connectivity index (χ0n) is 11.0. The Morgan fingerprint density at radius 3 is 2.65 bits per heavy atom. The van der Waals surface area contributed by atoms with Gasteiger partial charge in [-0.3, -0.25) is 9.59 Å². The molecule has 1 aromatic rings. The number of benzene rings is 1. The number of carbonyl (C=O) groups is 2. The van der Waals surface area contributed by atoms with Gasteiger partial charge in [-0.25, -0.2) is 4.39 Å². The van der Waals surface area contributed by atoms with E-state index in [9.17, 15) is 14.0 Å². The van der Waals surface area contributed by atoms with E-state index in [-0.39, 0.29) is 17.3 Å². The Kier molecular flexibility index (Phi) is 5.76. The lowest BCUT2D eigenvalue weighted by Gasteiger charge is -2.16. The number of halogens is 2. The quantitative estimate of drug-likeness (QED) is 0.843. The van der Waals surface area contributed by atoms with Crippen LogP contribution in [0.25, 0.3) is 0 Å². The summed E-state index contributed by atoms with van der Waals surface area (Å²) in [5.74, 6) is -2.49. The van der Waals surface area contributed by atoms with Gasteiger partial charge in [-0.05, 0) is 25.1 Å². The molecule has 0 aliphatic heterocycles. The SMILES string of the molecule is CC(CNC(=O)C(C)Oc1ccc(F)cc1Cl)C(=O)O. The summed E-state index contributed by atoms with van der Waals surface area (Å²) in [7, 11) is 0. The van der Waals surface area contributed by atoms with Crippen LogP contribution in [0.1, 0.15) is 13.8 Å². The highest BCUT2D eigenvalue weighted by Gasteiger charge is 2.18. The summed E-state index contributed by atoms with van der Waals surface area (Å²) in [6.07, 6.45) is -0.876. The lowest BCUT2D eigenvalue weighted by molar-refractivity contribution is -0.141. The molecule has 110 valence electrons. The average Bonchev–Trinajstić information content (AvgIpc) is 2.38. The predicted molar refractivity (Wildman–Crippen MR) is 71.3 cm³/mol. The molecule has 1 rings (SSSR count). The largest absolute Gasteiger partial charge is 0.481 e. The van der Waals surface area contributed by atoms with Crippen LogP contribution in [-0.4, -0.2) is 29.6 Å². The number of rotatable bonds is 6. The molecule has 0 radical (unpaired) electrons. The molecule has 0 spiro atoms. The highest BCUT2D eigenvalue weighted by atomic mass is 35.5. The summed E-state index contributed by atoms with van der Waals surface area (Å²) in [6.45, 7) is 2.96. The highest BCUT2D eigenvalue weighted by Crippen LogP contribution is 2.25. The maximum atomic E-state index is 12.9. The second kappa shape index (κ2) is 7.09. The van der Waals surface area contributed by atoms with Crippen molar-refractivity contribution in [2.75, 3.05) is 6.54 Å². The van der Waals surface area contributed by atoms with E-state index in [1.165, 1.54) is 26.0 Å². The van der Waals surface area contributed by atoms with Gasteiger partial charge in [-0.1, -0.05) is 18.5 Å². The van der Waals surface area contributed by atoms with Crippen molar-refractivity contribution >= 4 is 23.5 Å².